The molecule has 0 saturated carbocycles. The molecule has 0 aromatic heterocycles. The van der Waals surface area contributed by atoms with Crippen molar-refractivity contribution in [2.75, 3.05) is 20.2 Å². The summed E-state index contributed by atoms with van der Waals surface area (Å²) in [7, 11) is -2.13. The molecule has 1 heterocycles. The van der Waals surface area contributed by atoms with E-state index in [0.717, 1.165) is 5.56 Å². The Kier molecular flexibility index (Phi) is 4.33. The fourth-order valence-corrected chi connectivity index (χ4v) is 3.83. The Balaban J connectivity index is 2.29. The number of piperidine rings is 1. The Bertz CT molecular complexity index is 586. The summed E-state index contributed by atoms with van der Waals surface area (Å²) >= 11 is 0. The molecule has 1 fully saturated rings. The molecule has 1 aliphatic heterocycles. The van der Waals surface area contributed by atoms with E-state index in [9.17, 15) is 18.6 Å². The maximum absolute atomic E-state index is 12.5. The normalized spacial score (nSPS) is 24.6. The van der Waals surface area contributed by atoms with Crippen molar-refractivity contribution >= 4 is 10.0 Å². The van der Waals surface area contributed by atoms with E-state index in [1.807, 2.05) is 0 Å². The molecular weight excluding hydrogens is 282 g/mol. The molecule has 1 aromatic rings. The number of hydrogen-bond acceptors (Lipinski definition) is 5. The van der Waals surface area contributed by atoms with Crippen molar-refractivity contribution in [1.29, 1.82) is 0 Å². The van der Waals surface area contributed by atoms with Crippen LogP contribution in [0.4, 0.5) is 0 Å². The lowest BCUT2D eigenvalue weighted by Gasteiger charge is -2.32. The van der Waals surface area contributed by atoms with Crippen LogP contribution >= 0.6 is 0 Å². The Labute approximate surface area is 118 Å². The monoisotopic (exact) mass is 301 g/mol. The second-order valence-corrected chi connectivity index (χ2v) is 6.86. The topological polar surface area (TPSA) is 87.1 Å². The van der Waals surface area contributed by atoms with E-state index >= 15 is 0 Å². The van der Waals surface area contributed by atoms with E-state index in [4.69, 9.17) is 4.74 Å². The molecule has 6 nitrogen and oxygen atoms in total. The van der Waals surface area contributed by atoms with Gasteiger partial charge in [0, 0.05) is 13.1 Å². The summed E-state index contributed by atoms with van der Waals surface area (Å²) in [6, 6.07) is 4.64. The summed E-state index contributed by atoms with van der Waals surface area (Å²) in [6.45, 7) is 1.88. The van der Waals surface area contributed by atoms with Gasteiger partial charge in [0.2, 0.25) is 10.0 Å². The lowest BCUT2D eigenvalue weighted by Crippen LogP contribution is -2.48. The van der Waals surface area contributed by atoms with Gasteiger partial charge in [0.15, 0.2) is 0 Å². The van der Waals surface area contributed by atoms with Gasteiger partial charge < -0.3 is 14.9 Å². The van der Waals surface area contributed by atoms with E-state index in [1.54, 1.807) is 19.1 Å². The zero-order valence-corrected chi connectivity index (χ0v) is 12.3. The fourth-order valence-electron chi connectivity index (χ4n) is 2.27. The molecule has 0 aliphatic carbocycles. The number of aliphatic hydroxyl groups is 2. The number of aryl methyl sites for hydroxylation is 1. The lowest BCUT2D eigenvalue weighted by molar-refractivity contribution is -0.0191. The van der Waals surface area contributed by atoms with Crippen LogP contribution in [0.25, 0.3) is 0 Å². The van der Waals surface area contributed by atoms with Crippen LogP contribution in [0.3, 0.4) is 0 Å². The van der Waals surface area contributed by atoms with E-state index in [0.29, 0.717) is 5.75 Å². The number of aliphatic hydroxyl groups excluding tert-OH is 2. The van der Waals surface area contributed by atoms with Gasteiger partial charge in [-0.05, 0) is 37.1 Å². The standard InChI is InChI=1S/C13H19NO5S/c1-9-7-10(3-4-13(9)19-2)20(17,18)14-6-5-11(15)12(16)8-14/h3-4,7,11-12,15-16H,5-6,8H2,1-2H3/t11-,12-/m1/s1. The molecule has 7 heteroatoms. The Hall–Kier alpha value is -1.15. The fraction of sp³-hybridized carbons (Fsp3) is 0.538. The van der Waals surface area contributed by atoms with Crippen molar-refractivity contribution < 1.29 is 23.4 Å². The van der Waals surface area contributed by atoms with E-state index in [1.165, 1.54) is 17.5 Å². The van der Waals surface area contributed by atoms with Crippen molar-refractivity contribution in [1.82, 2.24) is 4.31 Å². The van der Waals surface area contributed by atoms with Gasteiger partial charge in [-0.3, -0.25) is 0 Å². The van der Waals surface area contributed by atoms with Crippen LogP contribution in [0.1, 0.15) is 12.0 Å². The Morgan fingerprint density at radius 2 is 2.00 bits per heavy atom. The number of hydrogen-bond donors (Lipinski definition) is 2. The summed E-state index contributed by atoms with van der Waals surface area (Å²) in [5.41, 5.74) is 0.728. The molecule has 0 amide bonds. The number of β-amino-alcohol motifs (C(OH)–C–C–N with tert-alkyl or cyclic N) is 1. The molecule has 2 atom stereocenters. The van der Waals surface area contributed by atoms with Crippen LogP contribution in [0.15, 0.2) is 23.1 Å². The second-order valence-electron chi connectivity index (χ2n) is 4.92. The van der Waals surface area contributed by atoms with Gasteiger partial charge in [-0.15, -0.1) is 0 Å². The third-order valence-corrected chi connectivity index (χ3v) is 5.37. The van der Waals surface area contributed by atoms with Gasteiger partial charge in [-0.1, -0.05) is 0 Å². The first-order valence-corrected chi connectivity index (χ1v) is 7.81. The van der Waals surface area contributed by atoms with Crippen molar-refractivity contribution in [2.45, 2.75) is 30.4 Å². The molecule has 1 aromatic carbocycles. The minimum Gasteiger partial charge on any atom is -0.496 e. The van der Waals surface area contributed by atoms with E-state index in [-0.39, 0.29) is 24.4 Å². The molecule has 20 heavy (non-hydrogen) atoms. The van der Waals surface area contributed by atoms with Crippen LogP contribution in [-0.2, 0) is 10.0 Å². The first kappa shape index (κ1) is 15.2. The highest BCUT2D eigenvalue weighted by Gasteiger charge is 2.33. The minimum atomic E-state index is -3.66. The van der Waals surface area contributed by atoms with E-state index in [2.05, 4.69) is 0 Å². The number of ether oxygens (including phenoxy) is 1. The maximum atomic E-state index is 12.5. The molecule has 0 bridgehead atoms. The number of benzene rings is 1. The molecule has 0 spiro atoms. The zero-order valence-electron chi connectivity index (χ0n) is 11.5. The average molecular weight is 301 g/mol. The summed E-state index contributed by atoms with van der Waals surface area (Å²) < 4.78 is 31.3. The van der Waals surface area contributed by atoms with Crippen molar-refractivity contribution in [3.05, 3.63) is 23.8 Å². The molecule has 0 radical (unpaired) electrons. The summed E-state index contributed by atoms with van der Waals surface area (Å²) in [5.74, 6) is 0.623. The second kappa shape index (κ2) is 5.69. The molecular formula is C13H19NO5S. The lowest BCUT2D eigenvalue weighted by atomic mass is 10.1. The maximum Gasteiger partial charge on any atom is 0.243 e. The van der Waals surface area contributed by atoms with Crippen molar-refractivity contribution in [3.63, 3.8) is 0 Å². The van der Waals surface area contributed by atoms with E-state index < -0.39 is 22.2 Å². The van der Waals surface area contributed by atoms with Crippen molar-refractivity contribution in [2.24, 2.45) is 0 Å². The first-order chi connectivity index (χ1) is 9.36. The minimum absolute atomic E-state index is 0.0887. The zero-order chi connectivity index (χ0) is 14.9. The van der Waals surface area contributed by atoms with Gasteiger partial charge in [0.1, 0.15) is 5.75 Å². The van der Waals surface area contributed by atoms with Gasteiger partial charge >= 0.3 is 0 Å². The molecule has 0 unspecified atom stereocenters. The molecule has 1 aliphatic rings. The van der Waals surface area contributed by atoms with Gasteiger partial charge in [0.05, 0.1) is 24.2 Å². The number of sulfonamides is 1. The third-order valence-electron chi connectivity index (χ3n) is 3.51. The molecule has 2 N–H and O–H groups in total. The molecule has 2 rings (SSSR count). The highest BCUT2D eigenvalue weighted by atomic mass is 32.2. The predicted octanol–water partition coefficient (Wildman–Crippen LogP) is 0.120. The Morgan fingerprint density at radius 1 is 1.30 bits per heavy atom. The summed E-state index contributed by atoms with van der Waals surface area (Å²) in [6.07, 6.45) is -1.67. The number of rotatable bonds is 3. The van der Waals surface area contributed by atoms with Gasteiger partial charge in [-0.2, -0.15) is 4.31 Å². The largest absolute Gasteiger partial charge is 0.496 e. The van der Waals surface area contributed by atoms with Crippen LogP contribution in [-0.4, -0.2) is 55.3 Å². The van der Waals surface area contributed by atoms with Crippen LogP contribution in [0.5, 0.6) is 5.75 Å². The highest BCUT2D eigenvalue weighted by Crippen LogP contribution is 2.25. The van der Waals surface area contributed by atoms with Crippen molar-refractivity contribution in [3.8, 4) is 5.75 Å². The molecule has 112 valence electrons. The SMILES string of the molecule is COc1ccc(S(=O)(=O)N2CC[C@@H](O)[C@H](O)C2)cc1C. The van der Waals surface area contributed by atoms with Gasteiger partial charge in [-0.25, -0.2) is 8.42 Å². The van der Waals surface area contributed by atoms with Crippen LogP contribution in [0, 0.1) is 6.92 Å². The Morgan fingerprint density at radius 3 is 2.55 bits per heavy atom. The quantitative estimate of drug-likeness (QED) is 0.828. The van der Waals surface area contributed by atoms with Crippen LogP contribution in [0.2, 0.25) is 0 Å². The first-order valence-electron chi connectivity index (χ1n) is 6.37. The van der Waals surface area contributed by atoms with Gasteiger partial charge in [0.25, 0.3) is 0 Å². The number of methoxy groups -OCH3 is 1. The third kappa shape index (κ3) is 2.80. The molecule has 1 saturated heterocycles. The van der Waals surface area contributed by atoms with Crippen LogP contribution < -0.4 is 4.74 Å². The summed E-state index contributed by atoms with van der Waals surface area (Å²) in [5, 5.41) is 19.1. The summed E-state index contributed by atoms with van der Waals surface area (Å²) in [4.78, 5) is 0.166. The average Bonchev–Trinajstić information content (AvgIpc) is 2.41. The highest BCUT2D eigenvalue weighted by molar-refractivity contribution is 7.89. The predicted molar refractivity (Wildman–Crippen MR) is 73.1 cm³/mol. The number of nitrogens with zero attached hydrogens (tertiary/aromatic N) is 1. The smallest absolute Gasteiger partial charge is 0.243 e.